The number of nitrogens with two attached hydrogens (primary N) is 1. The van der Waals surface area contributed by atoms with E-state index in [9.17, 15) is 4.79 Å². The highest BCUT2D eigenvalue weighted by molar-refractivity contribution is 5.68. The van der Waals surface area contributed by atoms with Crippen LogP contribution < -0.4 is 11.1 Å². The summed E-state index contributed by atoms with van der Waals surface area (Å²) in [7, 11) is 0. The lowest BCUT2D eigenvalue weighted by atomic mass is 9.91. The van der Waals surface area contributed by atoms with Crippen LogP contribution in [0.3, 0.4) is 0 Å². The molecular weight excluding hydrogens is 180 g/mol. The van der Waals surface area contributed by atoms with Crippen LogP contribution in [-0.2, 0) is 4.74 Å². The summed E-state index contributed by atoms with van der Waals surface area (Å²) in [6.45, 7) is 8.71. The van der Waals surface area contributed by atoms with Gasteiger partial charge in [0, 0.05) is 6.54 Å². The van der Waals surface area contributed by atoms with Gasteiger partial charge in [-0.15, -0.1) is 0 Å². The first-order valence-electron chi connectivity index (χ1n) is 5.08. The Balaban J connectivity index is 4.17. The third-order valence-electron chi connectivity index (χ3n) is 1.99. The Morgan fingerprint density at radius 3 is 2.50 bits per heavy atom. The molecule has 14 heavy (non-hydrogen) atoms. The van der Waals surface area contributed by atoms with Crippen molar-refractivity contribution in [1.82, 2.24) is 5.32 Å². The van der Waals surface area contributed by atoms with Crippen molar-refractivity contribution in [3.63, 3.8) is 0 Å². The lowest BCUT2D eigenvalue weighted by molar-refractivity contribution is 0.137. The summed E-state index contributed by atoms with van der Waals surface area (Å²) in [4.78, 5) is 11.2. The molecule has 0 aliphatic carbocycles. The standard InChI is InChI=1S/C10H22N2O2/c1-5-14-9(13)12-10(4,7-11)6-8(2)3/h8H,5-7,11H2,1-4H3,(H,12,13). The molecule has 0 radical (unpaired) electrons. The normalized spacial score (nSPS) is 15.0. The summed E-state index contributed by atoms with van der Waals surface area (Å²) in [6.07, 6.45) is 0.462. The number of ether oxygens (including phenoxy) is 1. The molecule has 0 aromatic heterocycles. The molecule has 0 saturated heterocycles. The molecule has 0 fully saturated rings. The van der Waals surface area contributed by atoms with Gasteiger partial charge in [-0.3, -0.25) is 0 Å². The maximum Gasteiger partial charge on any atom is 0.407 e. The maximum absolute atomic E-state index is 11.2. The molecule has 1 atom stereocenters. The Hall–Kier alpha value is -0.770. The lowest BCUT2D eigenvalue weighted by Crippen LogP contribution is -2.52. The van der Waals surface area contributed by atoms with Gasteiger partial charge >= 0.3 is 6.09 Å². The van der Waals surface area contributed by atoms with Gasteiger partial charge in [0.05, 0.1) is 12.1 Å². The van der Waals surface area contributed by atoms with Gasteiger partial charge in [0.1, 0.15) is 0 Å². The van der Waals surface area contributed by atoms with Crippen LogP contribution in [-0.4, -0.2) is 24.8 Å². The molecule has 0 rings (SSSR count). The molecular formula is C10H22N2O2. The molecule has 0 heterocycles. The Morgan fingerprint density at radius 2 is 2.14 bits per heavy atom. The van der Waals surface area contributed by atoms with E-state index in [1.54, 1.807) is 6.92 Å². The fourth-order valence-electron chi connectivity index (χ4n) is 1.50. The first-order valence-corrected chi connectivity index (χ1v) is 5.08. The number of carbonyl (C=O) groups excluding carboxylic acids is 1. The molecule has 0 bridgehead atoms. The second-order valence-electron chi connectivity index (χ2n) is 4.21. The van der Waals surface area contributed by atoms with Crippen LogP contribution in [0.15, 0.2) is 0 Å². The van der Waals surface area contributed by atoms with E-state index in [1.807, 2.05) is 6.92 Å². The Bertz CT molecular complexity index is 183. The van der Waals surface area contributed by atoms with E-state index >= 15 is 0 Å². The molecule has 0 aromatic carbocycles. The highest BCUT2D eigenvalue weighted by atomic mass is 16.5. The zero-order valence-corrected chi connectivity index (χ0v) is 9.59. The van der Waals surface area contributed by atoms with Crippen molar-refractivity contribution in [3.8, 4) is 0 Å². The van der Waals surface area contributed by atoms with E-state index in [-0.39, 0.29) is 11.6 Å². The van der Waals surface area contributed by atoms with Gasteiger partial charge in [-0.1, -0.05) is 13.8 Å². The van der Waals surface area contributed by atoms with Crippen LogP contribution in [0.2, 0.25) is 0 Å². The van der Waals surface area contributed by atoms with Gasteiger partial charge in [-0.25, -0.2) is 4.79 Å². The van der Waals surface area contributed by atoms with Crippen molar-refractivity contribution < 1.29 is 9.53 Å². The minimum atomic E-state index is -0.388. The molecule has 0 spiro atoms. The predicted octanol–water partition coefficient (Wildman–Crippen LogP) is 1.50. The summed E-state index contributed by atoms with van der Waals surface area (Å²) in [5, 5.41) is 2.79. The summed E-state index contributed by atoms with van der Waals surface area (Å²) >= 11 is 0. The summed E-state index contributed by atoms with van der Waals surface area (Å²) in [5.41, 5.74) is 5.27. The van der Waals surface area contributed by atoms with Gasteiger partial charge in [0.15, 0.2) is 0 Å². The van der Waals surface area contributed by atoms with Crippen LogP contribution in [0, 0.1) is 5.92 Å². The monoisotopic (exact) mass is 202 g/mol. The van der Waals surface area contributed by atoms with E-state index in [4.69, 9.17) is 10.5 Å². The minimum Gasteiger partial charge on any atom is -0.450 e. The van der Waals surface area contributed by atoms with Crippen molar-refractivity contribution >= 4 is 6.09 Å². The van der Waals surface area contributed by atoms with Crippen LogP contribution >= 0.6 is 0 Å². The van der Waals surface area contributed by atoms with Crippen LogP contribution in [0.4, 0.5) is 4.79 Å². The molecule has 1 amide bonds. The Labute approximate surface area is 86.2 Å². The lowest BCUT2D eigenvalue weighted by Gasteiger charge is -2.30. The van der Waals surface area contributed by atoms with Crippen molar-refractivity contribution in [2.45, 2.75) is 39.7 Å². The smallest absolute Gasteiger partial charge is 0.407 e. The number of rotatable bonds is 5. The van der Waals surface area contributed by atoms with Gasteiger partial charge in [0.2, 0.25) is 0 Å². The minimum absolute atomic E-state index is 0.361. The van der Waals surface area contributed by atoms with E-state index in [0.717, 1.165) is 6.42 Å². The first kappa shape index (κ1) is 13.2. The fourth-order valence-corrected chi connectivity index (χ4v) is 1.50. The van der Waals surface area contributed by atoms with Crippen molar-refractivity contribution in [3.05, 3.63) is 0 Å². The molecule has 4 heteroatoms. The number of amides is 1. The number of carbonyl (C=O) groups is 1. The second kappa shape index (κ2) is 5.86. The van der Waals surface area contributed by atoms with E-state index in [2.05, 4.69) is 19.2 Å². The second-order valence-corrected chi connectivity index (χ2v) is 4.21. The molecule has 4 nitrogen and oxygen atoms in total. The maximum atomic E-state index is 11.2. The van der Waals surface area contributed by atoms with Crippen LogP contribution in [0.25, 0.3) is 0 Å². The zero-order chi connectivity index (χ0) is 11.2. The largest absolute Gasteiger partial charge is 0.450 e. The SMILES string of the molecule is CCOC(=O)NC(C)(CN)CC(C)C. The molecule has 1 unspecified atom stereocenters. The number of nitrogens with one attached hydrogen (secondary N) is 1. The van der Waals surface area contributed by atoms with Crippen molar-refractivity contribution in [2.75, 3.05) is 13.2 Å². The van der Waals surface area contributed by atoms with Gasteiger partial charge in [-0.05, 0) is 26.2 Å². The topological polar surface area (TPSA) is 64.3 Å². The highest BCUT2D eigenvalue weighted by Gasteiger charge is 2.26. The summed E-state index contributed by atoms with van der Waals surface area (Å²) < 4.78 is 4.82. The first-order chi connectivity index (χ1) is 6.43. The molecule has 0 saturated carbocycles. The molecule has 3 N–H and O–H groups in total. The predicted molar refractivity (Wildman–Crippen MR) is 57.1 cm³/mol. The van der Waals surface area contributed by atoms with E-state index in [0.29, 0.717) is 19.1 Å². The number of hydrogen-bond acceptors (Lipinski definition) is 3. The third kappa shape index (κ3) is 5.07. The van der Waals surface area contributed by atoms with E-state index < -0.39 is 0 Å². The molecule has 84 valence electrons. The summed E-state index contributed by atoms with van der Waals surface area (Å²) in [5.74, 6) is 0.491. The number of alkyl carbamates (subject to hydrolysis) is 1. The average molecular weight is 202 g/mol. The zero-order valence-electron chi connectivity index (χ0n) is 9.59. The summed E-state index contributed by atoms with van der Waals surface area (Å²) in [6, 6.07) is 0. The Kier molecular flexibility index (Phi) is 5.53. The van der Waals surface area contributed by atoms with Gasteiger partial charge in [-0.2, -0.15) is 0 Å². The van der Waals surface area contributed by atoms with Crippen molar-refractivity contribution in [1.29, 1.82) is 0 Å². The number of hydrogen-bond donors (Lipinski definition) is 2. The quantitative estimate of drug-likeness (QED) is 0.710. The van der Waals surface area contributed by atoms with Gasteiger partial charge in [0.25, 0.3) is 0 Å². The van der Waals surface area contributed by atoms with Crippen LogP contribution in [0.1, 0.15) is 34.1 Å². The average Bonchev–Trinajstić information content (AvgIpc) is 2.02. The molecule has 0 aromatic rings. The molecule has 0 aliphatic heterocycles. The Morgan fingerprint density at radius 1 is 1.57 bits per heavy atom. The van der Waals surface area contributed by atoms with Crippen LogP contribution in [0.5, 0.6) is 0 Å². The molecule has 0 aliphatic rings. The third-order valence-corrected chi connectivity index (χ3v) is 1.99. The van der Waals surface area contributed by atoms with E-state index in [1.165, 1.54) is 0 Å². The van der Waals surface area contributed by atoms with Gasteiger partial charge < -0.3 is 15.8 Å². The fraction of sp³-hybridized carbons (Fsp3) is 0.900. The highest BCUT2D eigenvalue weighted by Crippen LogP contribution is 2.15. The van der Waals surface area contributed by atoms with Crippen molar-refractivity contribution in [2.24, 2.45) is 11.7 Å².